The quantitative estimate of drug-likeness (QED) is 0.785. The van der Waals surface area contributed by atoms with E-state index in [4.69, 9.17) is 5.73 Å². The maximum absolute atomic E-state index is 12.7. The topological polar surface area (TPSA) is 67.2 Å². The maximum atomic E-state index is 12.7. The average molecular weight is 313 g/mol. The first kappa shape index (κ1) is 15.2. The zero-order valence-corrected chi connectivity index (χ0v) is 13.7. The van der Waals surface area contributed by atoms with Gasteiger partial charge in [0.15, 0.2) is 0 Å². The van der Waals surface area contributed by atoms with E-state index in [1.54, 1.807) is 0 Å². The Morgan fingerprint density at radius 2 is 1.96 bits per heavy atom. The van der Waals surface area contributed by atoms with Crippen molar-refractivity contribution in [2.75, 3.05) is 11.9 Å². The summed E-state index contributed by atoms with van der Waals surface area (Å²) >= 11 is 0. The highest BCUT2D eigenvalue weighted by Crippen LogP contribution is 2.42. The summed E-state index contributed by atoms with van der Waals surface area (Å²) in [5.74, 6) is 1.42. The molecular weight excluding hydrogens is 286 g/mol. The van der Waals surface area contributed by atoms with Gasteiger partial charge in [-0.05, 0) is 73.7 Å². The standard InChI is InChI=1S/C19H27N3O/c20-18-13-2-1-3-14(18)9-15(8-13)19(23)22-17-5-4-12-6-7-21-11-16(12)10-17/h4-5,10,13-15,18,21H,1-3,6-9,11,20H2,(H,22,23). The maximum Gasteiger partial charge on any atom is 0.227 e. The van der Waals surface area contributed by atoms with Crippen molar-refractivity contribution in [1.29, 1.82) is 0 Å². The van der Waals surface area contributed by atoms with Crippen molar-refractivity contribution in [3.63, 3.8) is 0 Å². The van der Waals surface area contributed by atoms with Gasteiger partial charge in [0, 0.05) is 24.2 Å². The molecule has 2 aliphatic carbocycles. The first-order chi connectivity index (χ1) is 11.2. The van der Waals surface area contributed by atoms with Crippen LogP contribution in [0, 0.1) is 17.8 Å². The Morgan fingerprint density at radius 1 is 1.17 bits per heavy atom. The monoisotopic (exact) mass is 313 g/mol. The summed E-state index contributed by atoms with van der Waals surface area (Å²) in [6, 6.07) is 6.67. The fourth-order valence-corrected chi connectivity index (χ4v) is 4.81. The van der Waals surface area contributed by atoms with E-state index in [9.17, 15) is 4.79 Å². The van der Waals surface area contributed by atoms with Crippen LogP contribution in [0.3, 0.4) is 0 Å². The van der Waals surface area contributed by atoms with Gasteiger partial charge in [-0.15, -0.1) is 0 Å². The third kappa shape index (κ3) is 3.02. The molecule has 1 amide bonds. The van der Waals surface area contributed by atoms with E-state index < -0.39 is 0 Å². The molecule has 2 atom stereocenters. The number of hydrogen-bond donors (Lipinski definition) is 3. The van der Waals surface area contributed by atoms with Crippen LogP contribution in [0.15, 0.2) is 18.2 Å². The van der Waals surface area contributed by atoms with E-state index >= 15 is 0 Å². The number of hydrogen-bond acceptors (Lipinski definition) is 3. The van der Waals surface area contributed by atoms with Crippen molar-refractivity contribution in [2.24, 2.45) is 23.5 Å². The van der Waals surface area contributed by atoms with Gasteiger partial charge in [0.25, 0.3) is 0 Å². The second-order valence-electron chi connectivity index (χ2n) is 7.60. The second kappa shape index (κ2) is 6.25. The van der Waals surface area contributed by atoms with Gasteiger partial charge in [-0.1, -0.05) is 12.5 Å². The normalized spacial score (nSPS) is 32.9. The van der Waals surface area contributed by atoms with Gasteiger partial charge in [-0.2, -0.15) is 0 Å². The average Bonchev–Trinajstić information content (AvgIpc) is 2.54. The molecule has 4 N–H and O–H groups in total. The molecule has 0 saturated heterocycles. The Kier molecular flexibility index (Phi) is 4.12. The lowest BCUT2D eigenvalue weighted by atomic mass is 9.65. The molecule has 2 fully saturated rings. The molecule has 0 radical (unpaired) electrons. The third-order valence-electron chi connectivity index (χ3n) is 6.14. The Labute approximate surface area is 138 Å². The highest BCUT2D eigenvalue weighted by molar-refractivity contribution is 5.92. The number of benzene rings is 1. The van der Waals surface area contributed by atoms with Crippen molar-refractivity contribution < 1.29 is 4.79 Å². The van der Waals surface area contributed by atoms with Crippen LogP contribution in [0.5, 0.6) is 0 Å². The first-order valence-electron chi connectivity index (χ1n) is 9.09. The van der Waals surface area contributed by atoms with Gasteiger partial charge < -0.3 is 16.4 Å². The van der Waals surface area contributed by atoms with Crippen LogP contribution in [0.1, 0.15) is 43.2 Å². The van der Waals surface area contributed by atoms with E-state index in [2.05, 4.69) is 28.8 Å². The highest BCUT2D eigenvalue weighted by Gasteiger charge is 2.40. The number of carbonyl (C=O) groups is 1. The van der Waals surface area contributed by atoms with Crippen molar-refractivity contribution in [3.8, 4) is 0 Å². The van der Waals surface area contributed by atoms with Crippen LogP contribution in [0.25, 0.3) is 0 Å². The molecule has 1 heterocycles. The lowest BCUT2D eigenvalue weighted by molar-refractivity contribution is -0.122. The molecule has 0 aromatic heterocycles. The molecule has 2 saturated carbocycles. The highest BCUT2D eigenvalue weighted by atomic mass is 16.1. The molecule has 124 valence electrons. The Bertz CT molecular complexity index is 586. The third-order valence-corrected chi connectivity index (χ3v) is 6.14. The summed E-state index contributed by atoms with van der Waals surface area (Å²) in [4.78, 5) is 12.7. The van der Waals surface area contributed by atoms with E-state index in [0.717, 1.165) is 38.0 Å². The van der Waals surface area contributed by atoms with E-state index in [0.29, 0.717) is 17.9 Å². The largest absolute Gasteiger partial charge is 0.327 e. The lowest BCUT2D eigenvalue weighted by Crippen LogP contribution is -2.48. The number of carbonyl (C=O) groups excluding carboxylic acids is 1. The predicted molar refractivity (Wildman–Crippen MR) is 92.0 cm³/mol. The fraction of sp³-hybridized carbons (Fsp3) is 0.632. The molecule has 4 rings (SSSR count). The van der Waals surface area contributed by atoms with Crippen LogP contribution in [0.4, 0.5) is 5.69 Å². The predicted octanol–water partition coefficient (Wildman–Crippen LogP) is 2.42. The van der Waals surface area contributed by atoms with Gasteiger partial charge in [-0.3, -0.25) is 4.79 Å². The van der Waals surface area contributed by atoms with Crippen LogP contribution < -0.4 is 16.4 Å². The molecule has 1 aliphatic heterocycles. The Morgan fingerprint density at radius 3 is 2.74 bits per heavy atom. The van der Waals surface area contributed by atoms with Crippen LogP contribution in [0.2, 0.25) is 0 Å². The molecule has 2 unspecified atom stereocenters. The summed E-state index contributed by atoms with van der Waals surface area (Å²) in [6.45, 7) is 1.95. The molecule has 23 heavy (non-hydrogen) atoms. The van der Waals surface area contributed by atoms with Gasteiger partial charge in [0.05, 0.1) is 0 Å². The number of nitrogens with two attached hydrogens (primary N) is 1. The molecular formula is C19H27N3O. The van der Waals surface area contributed by atoms with Gasteiger partial charge in [0.1, 0.15) is 0 Å². The van der Waals surface area contributed by atoms with Crippen molar-refractivity contribution >= 4 is 11.6 Å². The minimum Gasteiger partial charge on any atom is -0.327 e. The zero-order chi connectivity index (χ0) is 15.8. The summed E-state index contributed by atoms with van der Waals surface area (Å²) in [7, 11) is 0. The molecule has 2 bridgehead atoms. The van der Waals surface area contributed by atoms with Gasteiger partial charge in [0.2, 0.25) is 5.91 Å². The van der Waals surface area contributed by atoms with Crippen LogP contribution >= 0.6 is 0 Å². The van der Waals surface area contributed by atoms with E-state index in [-0.39, 0.29) is 11.8 Å². The summed E-state index contributed by atoms with van der Waals surface area (Å²) in [6.07, 6.45) is 6.70. The molecule has 1 aromatic carbocycles. The van der Waals surface area contributed by atoms with Crippen molar-refractivity contribution in [1.82, 2.24) is 5.32 Å². The molecule has 1 aromatic rings. The number of nitrogens with one attached hydrogen (secondary N) is 2. The van der Waals surface area contributed by atoms with Crippen molar-refractivity contribution in [3.05, 3.63) is 29.3 Å². The smallest absolute Gasteiger partial charge is 0.227 e. The summed E-state index contributed by atoms with van der Waals surface area (Å²) < 4.78 is 0. The molecule has 4 heteroatoms. The lowest BCUT2D eigenvalue weighted by Gasteiger charge is -2.43. The molecule has 0 spiro atoms. The zero-order valence-electron chi connectivity index (χ0n) is 13.7. The molecule has 3 aliphatic rings. The minimum atomic E-state index is 0.138. The SMILES string of the molecule is NC1C2CCCC1CC(C(=O)Nc1ccc3c(c1)CNCC3)C2. The Balaban J connectivity index is 1.44. The fourth-order valence-electron chi connectivity index (χ4n) is 4.81. The number of rotatable bonds is 2. The Hall–Kier alpha value is -1.39. The van der Waals surface area contributed by atoms with Gasteiger partial charge in [-0.25, -0.2) is 0 Å². The number of fused-ring (bicyclic) bond motifs is 3. The van der Waals surface area contributed by atoms with Crippen LogP contribution in [-0.2, 0) is 17.8 Å². The van der Waals surface area contributed by atoms with Gasteiger partial charge >= 0.3 is 0 Å². The number of anilines is 1. The minimum absolute atomic E-state index is 0.138. The summed E-state index contributed by atoms with van der Waals surface area (Å²) in [5.41, 5.74) is 10.00. The van der Waals surface area contributed by atoms with E-state index in [1.165, 1.54) is 30.4 Å². The van der Waals surface area contributed by atoms with E-state index in [1.807, 2.05) is 0 Å². The molecule has 4 nitrogen and oxygen atoms in total. The number of amides is 1. The van der Waals surface area contributed by atoms with Crippen LogP contribution in [-0.4, -0.2) is 18.5 Å². The van der Waals surface area contributed by atoms with Crippen molar-refractivity contribution in [2.45, 2.75) is 51.1 Å². The first-order valence-corrected chi connectivity index (χ1v) is 9.09. The second-order valence-corrected chi connectivity index (χ2v) is 7.60. The summed E-state index contributed by atoms with van der Waals surface area (Å²) in [5, 5.41) is 6.55.